The van der Waals surface area contributed by atoms with Gasteiger partial charge in [-0.05, 0) is 31.4 Å². The average molecular weight is 284 g/mol. The van der Waals surface area contributed by atoms with Crippen molar-refractivity contribution in [3.05, 3.63) is 41.2 Å². The number of nitriles is 1. The number of rotatable bonds is 6. The van der Waals surface area contributed by atoms with Crippen LogP contribution in [0.2, 0.25) is 0 Å². The molecule has 0 bridgehead atoms. The topological polar surface area (TPSA) is 63.7 Å². The predicted molar refractivity (Wildman–Crippen MR) is 79.7 cm³/mol. The summed E-state index contributed by atoms with van der Waals surface area (Å²) in [4.78, 5) is 0. The van der Waals surface area contributed by atoms with Crippen LogP contribution in [0.25, 0.3) is 0 Å². The molecule has 0 radical (unpaired) electrons. The molecule has 21 heavy (non-hydrogen) atoms. The number of ether oxygens (including phenoxy) is 1. The van der Waals surface area contributed by atoms with Crippen LogP contribution in [0.4, 0.5) is 0 Å². The van der Waals surface area contributed by atoms with Gasteiger partial charge in [0.05, 0.1) is 0 Å². The summed E-state index contributed by atoms with van der Waals surface area (Å²) in [6.07, 6.45) is 0.992. The highest BCUT2D eigenvalue weighted by molar-refractivity contribution is 5.28. The Morgan fingerprint density at radius 1 is 1.29 bits per heavy atom. The van der Waals surface area contributed by atoms with Gasteiger partial charge in [0.15, 0.2) is 5.69 Å². The molecule has 2 rings (SSSR count). The van der Waals surface area contributed by atoms with Gasteiger partial charge in [0, 0.05) is 6.54 Å². The number of hydrogen-bond donors (Lipinski definition) is 0. The number of aryl methyl sites for hydroxylation is 2. The van der Waals surface area contributed by atoms with E-state index in [-0.39, 0.29) is 0 Å². The van der Waals surface area contributed by atoms with Crippen molar-refractivity contribution in [2.75, 3.05) is 0 Å². The molecule has 2 aromatic rings. The minimum atomic E-state index is 0.303. The second-order valence-electron chi connectivity index (χ2n) is 5.50. The highest BCUT2D eigenvalue weighted by Gasteiger charge is 2.13. The number of aromatic nitrogens is 3. The summed E-state index contributed by atoms with van der Waals surface area (Å²) in [7, 11) is 0. The zero-order valence-corrected chi connectivity index (χ0v) is 12.7. The average Bonchev–Trinajstić information content (AvgIpc) is 2.86. The molecule has 0 spiro atoms. The Hall–Kier alpha value is -2.35. The van der Waals surface area contributed by atoms with E-state index in [0.29, 0.717) is 18.2 Å². The monoisotopic (exact) mass is 284 g/mol. The smallest absolute Gasteiger partial charge is 0.189 e. The Labute approximate surface area is 125 Å². The van der Waals surface area contributed by atoms with Gasteiger partial charge in [0.2, 0.25) is 0 Å². The van der Waals surface area contributed by atoms with Crippen LogP contribution in [0.3, 0.4) is 0 Å². The van der Waals surface area contributed by atoms with Gasteiger partial charge in [0.1, 0.15) is 24.1 Å². The molecule has 0 aliphatic rings. The Morgan fingerprint density at radius 2 is 2.00 bits per heavy atom. The minimum Gasteiger partial charge on any atom is -0.487 e. The molecule has 0 amide bonds. The summed E-state index contributed by atoms with van der Waals surface area (Å²) < 4.78 is 7.51. The van der Waals surface area contributed by atoms with E-state index in [4.69, 9.17) is 10.00 Å². The Bertz CT molecular complexity index is 623. The normalized spacial score (nSPS) is 10.6. The standard InChI is InChI=1S/C16H20N4O/c1-12(2)8-9-20-16(15(10-17)18-19-20)11-21-14-6-4-13(3)5-7-14/h4-7,12H,8-9,11H2,1-3H3. The third kappa shape index (κ3) is 4.06. The fourth-order valence-electron chi connectivity index (χ4n) is 1.91. The van der Waals surface area contributed by atoms with E-state index in [1.54, 1.807) is 4.68 Å². The fraction of sp³-hybridized carbons (Fsp3) is 0.438. The minimum absolute atomic E-state index is 0.303. The quantitative estimate of drug-likeness (QED) is 0.817. The highest BCUT2D eigenvalue weighted by atomic mass is 16.5. The van der Waals surface area contributed by atoms with Crippen LogP contribution in [0.15, 0.2) is 24.3 Å². The van der Waals surface area contributed by atoms with Crippen molar-refractivity contribution >= 4 is 0 Å². The molecule has 0 aliphatic heterocycles. The molecule has 110 valence electrons. The first-order valence-electron chi connectivity index (χ1n) is 7.12. The molecule has 1 heterocycles. The van der Waals surface area contributed by atoms with E-state index in [1.165, 1.54) is 5.56 Å². The van der Waals surface area contributed by atoms with Crippen molar-refractivity contribution in [1.82, 2.24) is 15.0 Å². The predicted octanol–water partition coefficient (Wildman–Crippen LogP) is 3.08. The largest absolute Gasteiger partial charge is 0.487 e. The van der Waals surface area contributed by atoms with Crippen molar-refractivity contribution in [2.45, 2.75) is 40.3 Å². The van der Waals surface area contributed by atoms with Gasteiger partial charge < -0.3 is 4.74 Å². The first-order valence-corrected chi connectivity index (χ1v) is 7.12. The number of benzene rings is 1. The number of nitrogens with zero attached hydrogens (tertiary/aromatic N) is 4. The van der Waals surface area contributed by atoms with Crippen LogP contribution in [-0.4, -0.2) is 15.0 Å². The molecule has 0 N–H and O–H groups in total. The lowest BCUT2D eigenvalue weighted by atomic mass is 10.1. The Kier molecular flexibility index (Phi) is 4.94. The van der Waals surface area contributed by atoms with E-state index in [9.17, 15) is 0 Å². The highest BCUT2D eigenvalue weighted by Crippen LogP contribution is 2.15. The van der Waals surface area contributed by atoms with Crippen molar-refractivity contribution in [3.63, 3.8) is 0 Å². The maximum absolute atomic E-state index is 9.12. The van der Waals surface area contributed by atoms with Crippen LogP contribution in [-0.2, 0) is 13.2 Å². The summed E-state index contributed by atoms with van der Waals surface area (Å²) in [6, 6.07) is 9.90. The lowest BCUT2D eigenvalue weighted by Gasteiger charge is -2.10. The molecule has 0 atom stereocenters. The van der Waals surface area contributed by atoms with Crippen LogP contribution in [0, 0.1) is 24.2 Å². The summed E-state index contributed by atoms with van der Waals surface area (Å²) >= 11 is 0. The molecule has 5 heteroatoms. The van der Waals surface area contributed by atoms with Gasteiger partial charge in [-0.2, -0.15) is 5.26 Å². The van der Waals surface area contributed by atoms with Gasteiger partial charge in [-0.15, -0.1) is 5.10 Å². The van der Waals surface area contributed by atoms with Crippen molar-refractivity contribution in [3.8, 4) is 11.8 Å². The first-order chi connectivity index (χ1) is 10.1. The lowest BCUT2D eigenvalue weighted by Crippen LogP contribution is -2.10. The summed E-state index contributed by atoms with van der Waals surface area (Å²) in [5.74, 6) is 1.35. The Morgan fingerprint density at radius 3 is 2.62 bits per heavy atom. The fourth-order valence-corrected chi connectivity index (χ4v) is 1.91. The molecule has 0 saturated carbocycles. The SMILES string of the molecule is Cc1ccc(OCc2c(C#N)nnn2CCC(C)C)cc1. The van der Waals surface area contributed by atoms with Crippen molar-refractivity contribution in [2.24, 2.45) is 5.92 Å². The molecule has 0 fully saturated rings. The molecule has 0 saturated heterocycles. The van der Waals surface area contributed by atoms with Gasteiger partial charge in [0.25, 0.3) is 0 Å². The van der Waals surface area contributed by atoms with E-state index >= 15 is 0 Å². The molecular weight excluding hydrogens is 264 g/mol. The van der Waals surface area contributed by atoms with Crippen LogP contribution in [0.5, 0.6) is 5.75 Å². The van der Waals surface area contributed by atoms with E-state index in [0.717, 1.165) is 24.4 Å². The summed E-state index contributed by atoms with van der Waals surface area (Å²) in [5.41, 5.74) is 2.26. The third-order valence-electron chi connectivity index (χ3n) is 3.26. The van der Waals surface area contributed by atoms with Crippen molar-refractivity contribution in [1.29, 1.82) is 5.26 Å². The van der Waals surface area contributed by atoms with Gasteiger partial charge in [-0.1, -0.05) is 36.8 Å². The summed E-state index contributed by atoms with van der Waals surface area (Å²) in [6.45, 7) is 7.40. The second-order valence-corrected chi connectivity index (χ2v) is 5.50. The molecular formula is C16H20N4O. The molecule has 1 aromatic heterocycles. The lowest BCUT2D eigenvalue weighted by molar-refractivity contribution is 0.289. The van der Waals surface area contributed by atoms with E-state index in [2.05, 4.69) is 30.2 Å². The molecule has 0 unspecified atom stereocenters. The summed E-state index contributed by atoms with van der Waals surface area (Å²) in [5, 5.41) is 17.1. The molecule has 1 aromatic carbocycles. The Balaban J connectivity index is 2.08. The van der Waals surface area contributed by atoms with Crippen LogP contribution in [0.1, 0.15) is 37.2 Å². The van der Waals surface area contributed by atoms with Gasteiger partial charge >= 0.3 is 0 Å². The maximum Gasteiger partial charge on any atom is 0.189 e. The van der Waals surface area contributed by atoms with E-state index < -0.39 is 0 Å². The molecule has 0 aliphatic carbocycles. The molecule has 5 nitrogen and oxygen atoms in total. The second kappa shape index (κ2) is 6.89. The van der Waals surface area contributed by atoms with Gasteiger partial charge in [-0.25, -0.2) is 4.68 Å². The first kappa shape index (κ1) is 15.0. The van der Waals surface area contributed by atoms with Gasteiger partial charge in [-0.3, -0.25) is 0 Å². The number of hydrogen-bond acceptors (Lipinski definition) is 4. The van der Waals surface area contributed by atoms with Crippen molar-refractivity contribution < 1.29 is 4.74 Å². The van der Waals surface area contributed by atoms with Crippen LogP contribution >= 0.6 is 0 Å². The van der Waals surface area contributed by atoms with E-state index in [1.807, 2.05) is 31.2 Å². The zero-order chi connectivity index (χ0) is 15.2. The maximum atomic E-state index is 9.12. The van der Waals surface area contributed by atoms with Crippen LogP contribution < -0.4 is 4.74 Å². The zero-order valence-electron chi connectivity index (χ0n) is 12.7. The third-order valence-corrected chi connectivity index (χ3v) is 3.26.